The molecule has 4 nitrogen and oxygen atoms in total. The quantitative estimate of drug-likeness (QED) is 0.840. The lowest BCUT2D eigenvalue weighted by Gasteiger charge is -2.46. The van der Waals surface area contributed by atoms with Crippen molar-refractivity contribution in [3.05, 3.63) is 29.6 Å². The molecule has 98 valence electrons. The third-order valence-electron chi connectivity index (χ3n) is 3.98. The molecule has 1 aromatic heterocycles. The van der Waals surface area contributed by atoms with Gasteiger partial charge >= 0.3 is 0 Å². The van der Waals surface area contributed by atoms with E-state index < -0.39 is 0 Å². The van der Waals surface area contributed by atoms with Crippen LogP contribution < -0.4 is 5.32 Å². The van der Waals surface area contributed by atoms with Gasteiger partial charge in [0.05, 0.1) is 0 Å². The van der Waals surface area contributed by atoms with Gasteiger partial charge in [-0.15, -0.1) is 0 Å². The minimum absolute atomic E-state index is 0.783. The molecule has 1 N–H and O–H groups in total. The first kappa shape index (κ1) is 12.1. The summed E-state index contributed by atoms with van der Waals surface area (Å²) < 4.78 is 0. The van der Waals surface area contributed by atoms with Gasteiger partial charge in [-0.2, -0.15) is 0 Å². The maximum Gasteiger partial charge on any atom is 0.0372 e. The van der Waals surface area contributed by atoms with Gasteiger partial charge in [-0.1, -0.05) is 6.07 Å². The van der Waals surface area contributed by atoms with Gasteiger partial charge in [0.15, 0.2) is 0 Å². The third kappa shape index (κ3) is 2.71. The van der Waals surface area contributed by atoms with Gasteiger partial charge in [0.25, 0.3) is 0 Å². The number of hydrogen-bond donors (Lipinski definition) is 1. The predicted molar refractivity (Wildman–Crippen MR) is 72.5 cm³/mol. The second-order valence-electron chi connectivity index (χ2n) is 5.44. The Morgan fingerprint density at radius 3 is 2.72 bits per heavy atom. The average molecular weight is 246 g/mol. The van der Waals surface area contributed by atoms with Gasteiger partial charge in [-0.3, -0.25) is 14.8 Å². The third-order valence-corrected chi connectivity index (χ3v) is 3.98. The van der Waals surface area contributed by atoms with E-state index >= 15 is 0 Å². The lowest BCUT2D eigenvalue weighted by atomic mass is 10.1. The summed E-state index contributed by atoms with van der Waals surface area (Å²) in [5.74, 6) is 0. The normalized spacial score (nSPS) is 22.9. The first-order valence-corrected chi connectivity index (χ1v) is 6.90. The summed E-state index contributed by atoms with van der Waals surface area (Å²) >= 11 is 0. The van der Waals surface area contributed by atoms with Crippen molar-refractivity contribution >= 4 is 0 Å². The molecule has 2 aliphatic rings. The van der Waals surface area contributed by atoms with Crippen LogP contribution in [0.2, 0.25) is 0 Å². The van der Waals surface area contributed by atoms with Crippen molar-refractivity contribution in [3.8, 4) is 0 Å². The molecule has 3 rings (SSSR count). The standard InChI is InChI=1S/C14H22N4/c1-12-2-3-13(8-16-12)9-17-10-14(11-17)18-6-4-15-5-7-18/h2-3,8,14-15H,4-7,9-11H2,1H3. The Morgan fingerprint density at radius 1 is 1.28 bits per heavy atom. The number of pyridine rings is 1. The fraction of sp³-hybridized carbons (Fsp3) is 0.643. The number of likely N-dealkylation sites (tertiary alicyclic amines) is 1. The first-order chi connectivity index (χ1) is 8.81. The van der Waals surface area contributed by atoms with Crippen LogP contribution in [0.25, 0.3) is 0 Å². The Kier molecular flexibility index (Phi) is 3.59. The number of hydrogen-bond acceptors (Lipinski definition) is 4. The fourth-order valence-corrected chi connectivity index (χ4v) is 2.80. The summed E-state index contributed by atoms with van der Waals surface area (Å²) in [6.07, 6.45) is 2.01. The van der Waals surface area contributed by atoms with Crippen LogP contribution in [-0.2, 0) is 6.54 Å². The molecular formula is C14H22N4. The topological polar surface area (TPSA) is 31.4 Å². The number of piperazine rings is 1. The molecule has 0 amide bonds. The highest BCUT2D eigenvalue weighted by Crippen LogP contribution is 2.18. The van der Waals surface area contributed by atoms with Gasteiger partial charge in [0.2, 0.25) is 0 Å². The Bertz CT molecular complexity index is 377. The zero-order valence-corrected chi connectivity index (χ0v) is 11.1. The van der Waals surface area contributed by atoms with E-state index in [1.165, 1.54) is 31.7 Å². The Balaban J connectivity index is 1.46. The van der Waals surface area contributed by atoms with Gasteiger partial charge in [-0.25, -0.2) is 0 Å². The summed E-state index contributed by atoms with van der Waals surface area (Å²) in [7, 11) is 0. The van der Waals surface area contributed by atoms with Crippen LogP contribution in [0.1, 0.15) is 11.3 Å². The van der Waals surface area contributed by atoms with Crippen molar-refractivity contribution < 1.29 is 0 Å². The summed E-state index contributed by atoms with van der Waals surface area (Å²) in [6, 6.07) is 5.08. The summed E-state index contributed by atoms with van der Waals surface area (Å²) in [4.78, 5) is 9.49. The predicted octanol–water partition coefficient (Wildman–Crippen LogP) is 0.479. The molecule has 18 heavy (non-hydrogen) atoms. The van der Waals surface area contributed by atoms with Gasteiger partial charge in [-0.05, 0) is 18.6 Å². The van der Waals surface area contributed by atoms with Crippen LogP contribution >= 0.6 is 0 Å². The summed E-state index contributed by atoms with van der Waals surface area (Å²) in [5, 5.41) is 3.41. The molecule has 0 radical (unpaired) electrons. The summed E-state index contributed by atoms with van der Waals surface area (Å²) in [5.41, 5.74) is 2.43. The number of rotatable bonds is 3. The molecule has 0 atom stereocenters. The van der Waals surface area contributed by atoms with Crippen molar-refractivity contribution in [2.45, 2.75) is 19.5 Å². The number of aromatic nitrogens is 1. The van der Waals surface area contributed by atoms with Crippen molar-refractivity contribution in [1.29, 1.82) is 0 Å². The zero-order chi connectivity index (χ0) is 12.4. The zero-order valence-electron chi connectivity index (χ0n) is 11.1. The van der Waals surface area contributed by atoms with E-state index in [0.717, 1.165) is 31.4 Å². The van der Waals surface area contributed by atoms with E-state index in [1.807, 2.05) is 13.1 Å². The molecule has 1 aromatic rings. The largest absolute Gasteiger partial charge is 0.314 e. The molecule has 4 heteroatoms. The van der Waals surface area contributed by atoms with Crippen molar-refractivity contribution in [3.63, 3.8) is 0 Å². The molecule has 3 heterocycles. The van der Waals surface area contributed by atoms with Crippen LogP contribution in [0.15, 0.2) is 18.3 Å². The highest BCUT2D eigenvalue weighted by Gasteiger charge is 2.31. The minimum Gasteiger partial charge on any atom is -0.314 e. The average Bonchev–Trinajstić information content (AvgIpc) is 2.36. The first-order valence-electron chi connectivity index (χ1n) is 6.90. The van der Waals surface area contributed by atoms with Crippen LogP contribution in [0.4, 0.5) is 0 Å². The maximum atomic E-state index is 4.35. The van der Waals surface area contributed by atoms with Gasteiger partial charge in [0.1, 0.15) is 0 Å². The molecule has 2 aliphatic heterocycles. The molecular weight excluding hydrogens is 224 g/mol. The van der Waals surface area contributed by atoms with Crippen molar-refractivity contribution in [1.82, 2.24) is 20.1 Å². The molecule has 0 bridgehead atoms. The van der Waals surface area contributed by atoms with E-state index in [4.69, 9.17) is 0 Å². The van der Waals surface area contributed by atoms with Gasteiger partial charge < -0.3 is 5.32 Å². The highest BCUT2D eigenvalue weighted by molar-refractivity contribution is 5.13. The second-order valence-corrected chi connectivity index (χ2v) is 5.44. The van der Waals surface area contributed by atoms with E-state index in [1.54, 1.807) is 0 Å². The second kappa shape index (κ2) is 5.34. The number of aryl methyl sites for hydroxylation is 1. The molecule has 0 aromatic carbocycles. The lowest BCUT2D eigenvalue weighted by molar-refractivity contribution is 0.0222. The smallest absolute Gasteiger partial charge is 0.0372 e. The van der Waals surface area contributed by atoms with E-state index in [2.05, 4.69) is 32.2 Å². The van der Waals surface area contributed by atoms with Gasteiger partial charge in [0, 0.05) is 63.7 Å². The SMILES string of the molecule is Cc1ccc(CN2CC(N3CCNCC3)C2)cn1. The van der Waals surface area contributed by atoms with Crippen LogP contribution in [0.3, 0.4) is 0 Å². The van der Waals surface area contributed by atoms with Crippen LogP contribution in [0.5, 0.6) is 0 Å². The minimum atomic E-state index is 0.783. The monoisotopic (exact) mass is 246 g/mol. The molecule has 0 aliphatic carbocycles. The molecule has 2 fully saturated rings. The number of nitrogens with zero attached hydrogens (tertiary/aromatic N) is 3. The Hall–Kier alpha value is -0.970. The number of nitrogens with one attached hydrogen (secondary N) is 1. The van der Waals surface area contributed by atoms with E-state index in [0.29, 0.717) is 0 Å². The fourth-order valence-electron chi connectivity index (χ4n) is 2.80. The van der Waals surface area contributed by atoms with E-state index in [9.17, 15) is 0 Å². The van der Waals surface area contributed by atoms with Crippen molar-refractivity contribution in [2.24, 2.45) is 0 Å². The molecule has 0 unspecified atom stereocenters. The van der Waals surface area contributed by atoms with Crippen LogP contribution in [-0.4, -0.2) is 60.1 Å². The van der Waals surface area contributed by atoms with Crippen LogP contribution in [0, 0.1) is 6.92 Å². The molecule has 0 saturated carbocycles. The Morgan fingerprint density at radius 2 is 2.06 bits per heavy atom. The van der Waals surface area contributed by atoms with E-state index in [-0.39, 0.29) is 0 Å². The Labute approximate surface area is 109 Å². The lowest BCUT2D eigenvalue weighted by Crippen LogP contribution is -2.62. The maximum absolute atomic E-state index is 4.35. The summed E-state index contributed by atoms with van der Waals surface area (Å²) in [6.45, 7) is 10.2. The molecule has 2 saturated heterocycles. The van der Waals surface area contributed by atoms with Crippen molar-refractivity contribution in [2.75, 3.05) is 39.3 Å². The highest BCUT2D eigenvalue weighted by atomic mass is 15.3. The molecule has 0 spiro atoms.